The second kappa shape index (κ2) is 23.0. The number of rotatable bonds is 17. The first kappa shape index (κ1) is 32.3. The molecule has 0 heterocycles. The maximum absolute atomic E-state index is 10.5. The number of aliphatic hydroxyl groups excluding tert-OH is 1. The van der Waals surface area contributed by atoms with Gasteiger partial charge >= 0.3 is 0 Å². The van der Waals surface area contributed by atoms with Crippen LogP contribution in [0, 0.1) is 0 Å². The Balaban J connectivity index is -0.000000530. The zero-order chi connectivity index (χ0) is 21.0. The van der Waals surface area contributed by atoms with E-state index in [1.807, 2.05) is 21.0 Å². The third-order valence-corrected chi connectivity index (χ3v) is 5.34. The summed E-state index contributed by atoms with van der Waals surface area (Å²) in [4.78, 5) is 10.5. The quantitative estimate of drug-likeness (QED) is 0.215. The maximum Gasteiger partial charge on any atom is 0.217 e. The van der Waals surface area contributed by atoms with Gasteiger partial charge in [0.15, 0.2) is 6.23 Å². The molecule has 0 aromatic rings. The van der Waals surface area contributed by atoms with Crippen molar-refractivity contribution in [3.05, 3.63) is 0 Å². The van der Waals surface area contributed by atoms with Crippen molar-refractivity contribution in [1.29, 1.82) is 0 Å². The Hall–Kier alpha value is -0.320. The average molecular weight is 423 g/mol. The van der Waals surface area contributed by atoms with Crippen molar-refractivity contribution in [2.75, 3.05) is 20.6 Å². The first-order chi connectivity index (χ1) is 12.8. The SMILES string of the molecule is CCCCCCCCCCCCCCCC(N)=O.CCC[N+](C)(C)C(C)O.[Cl-]. The zero-order valence-corrected chi connectivity index (χ0v) is 20.4. The van der Waals surface area contributed by atoms with Crippen LogP contribution in [0.2, 0.25) is 0 Å². The topological polar surface area (TPSA) is 63.3 Å². The molecule has 0 aliphatic rings. The summed E-state index contributed by atoms with van der Waals surface area (Å²) in [6.07, 6.45) is 18.8. The third-order valence-electron chi connectivity index (χ3n) is 5.34. The Kier molecular flexibility index (Phi) is 26.5. The largest absolute Gasteiger partial charge is 1.00 e. The Labute approximate surface area is 182 Å². The highest BCUT2D eigenvalue weighted by Crippen LogP contribution is 2.12. The number of carbonyl (C=O) groups excluding carboxylic acids is 1. The number of quaternary nitrogens is 1. The van der Waals surface area contributed by atoms with Crippen molar-refractivity contribution in [2.24, 2.45) is 5.73 Å². The van der Waals surface area contributed by atoms with E-state index in [0.29, 0.717) is 10.9 Å². The number of primary amides is 1. The van der Waals surface area contributed by atoms with Crippen LogP contribution in [0.25, 0.3) is 0 Å². The molecule has 3 N–H and O–H groups in total. The zero-order valence-electron chi connectivity index (χ0n) is 19.6. The molecular formula is C23H51ClN2O2. The number of hydrogen-bond acceptors (Lipinski definition) is 2. The highest BCUT2D eigenvalue weighted by atomic mass is 35.5. The predicted molar refractivity (Wildman–Crippen MR) is 118 cm³/mol. The lowest BCUT2D eigenvalue weighted by Crippen LogP contribution is -3.00. The summed E-state index contributed by atoms with van der Waals surface area (Å²) in [6.45, 7) is 7.26. The van der Waals surface area contributed by atoms with E-state index >= 15 is 0 Å². The Morgan fingerprint density at radius 2 is 1.14 bits per heavy atom. The van der Waals surface area contributed by atoms with Crippen LogP contribution in [-0.2, 0) is 4.79 Å². The van der Waals surface area contributed by atoms with E-state index in [4.69, 9.17) is 5.73 Å². The van der Waals surface area contributed by atoms with Gasteiger partial charge < -0.3 is 27.7 Å². The molecule has 0 aliphatic heterocycles. The van der Waals surface area contributed by atoms with E-state index in [9.17, 15) is 9.90 Å². The van der Waals surface area contributed by atoms with Crippen LogP contribution in [0.4, 0.5) is 0 Å². The molecule has 4 nitrogen and oxygen atoms in total. The monoisotopic (exact) mass is 422 g/mol. The van der Waals surface area contributed by atoms with Crippen LogP contribution in [-0.4, -0.2) is 42.4 Å². The molecule has 0 saturated carbocycles. The molecule has 0 saturated heterocycles. The number of carbonyl (C=O) groups is 1. The Morgan fingerprint density at radius 1 is 0.786 bits per heavy atom. The number of amides is 1. The van der Waals surface area contributed by atoms with Crippen molar-refractivity contribution in [3.63, 3.8) is 0 Å². The average Bonchev–Trinajstić information content (AvgIpc) is 2.59. The second-order valence-corrected chi connectivity index (χ2v) is 8.59. The highest BCUT2D eigenvalue weighted by molar-refractivity contribution is 5.73. The van der Waals surface area contributed by atoms with Crippen LogP contribution in [0.5, 0.6) is 0 Å². The predicted octanol–water partition coefficient (Wildman–Crippen LogP) is 2.77. The van der Waals surface area contributed by atoms with Gasteiger partial charge in [-0.1, -0.05) is 90.9 Å². The lowest BCUT2D eigenvalue weighted by atomic mass is 10.0. The minimum atomic E-state index is -0.245. The van der Waals surface area contributed by atoms with Gasteiger partial charge in [-0.05, 0) is 12.8 Å². The summed E-state index contributed by atoms with van der Waals surface area (Å²) in [7, 11) is 4.07. The van der Waals surface area contributed by atoms with Crippen molar-refractivity contribution in [2.45, 2.75) is 123 Å². The summed E-state index contributed by atoms with van der Waals surface area (Å²) in [5.41, 5.74) is 5.09. The van der Waals surface area contributed by atoms with Gasteiger partial charge in [-0.2, -0.15) is 0 Å². The second-order valence-electron chi connectivity index (χ2n) is 8.59. The van der Waals surface area contributed by atoms with Crippen LogP contribution in [0.3, 0.4) is 0 Å². The summed E-state index contributed by atoms with van der Waals surface area (Å²) < 4.78 is 0.705. The number of nitrogens with zero attached hydrogens (tertiary/aromatic N) is 1. The van der Waals surface area contributed by atoms with Gasteiger partial charge in [-0.25, -0.2) is 0 Å². The lowest BCUT2D eigenvalue weighted by molar-refractivity contribution is -0.934. The summed E-state index contributed by atoms with van der Waals surface area (Å²) >= 11 is 0. The number of halogens is 1. The molecule has 0 spiro atoms. The van der Waals surface area contributed by atoms with Crippen LogP contribution < -0.4 is 18.1 Å². The molecule has 28 heavy (non-hydrogen) atoms. The molecule has 0 radical (unpaired) electrons. The standard InChI is InChI=1S/C16H33NO.C7H18NO.ClH/c1-2-3-4-5-6-7-8-9-10-11-12-13-14-15-16(17)18;1-5-6-8(3,4)7(2)9;/h2-15H2,1H3,(H2,17,18);7,9H,5-6H2,1-4H3;1H/q;+1;/p-1. The van der Waals surface area contributed by atoms with Crippen LogP contribution in [0.15, 0.2) is 0 Å². The van der Waals surface area contributed by atoms with Crippen LogP contribution >= 0.6 is 0 Å². The minimum absolute atomic E-state index is 0. The van der Waals surface area contributed by atoms with Gasteiger partial charge in [0, 0.05) is 13.3 Å². The molecule has 0 aromatic heterocycles. The Morgan fingerprint density at radius 3 is 1.39 bits per heavy atom. The molecule has 0 aliphatic carbocycles. The van der Waals surface area contributed by atoms with Crippen molar-refractivity contribution in [3.8, 4) is 0 Å². The number of nitrogens with two attached hydrogens (primary N) is 1. The van der Waals surface area contributed by atoms with Gasteiger partial charge in [0.2, 0.25) is 5.91 Å². The Bertz CT molecular complexity index is 324. The van der Waals surface area contributed by atoms with E-state index in [1.54, 1.807) is 0 Å². The van der Waals surface area contributed by atoms with Crippen molar-refractivity contribution >= 4 is 5.91 Å². The van der Waals surface area contributed by atoms with Gasteiger partial charge in [-0.3, -0.25) is 4.79 Å². The molecule has 1 atom stereocenters. The van der Waals surface area contributed by atoms with E-state index in [2.05, 4.69) is 13.8 Å². The molecular weight excluding hydrogens is 372 g/mol. The molecule has 0 fully saturated rings. The van der Waals surface area contributed by atoms with Gasteiger partial charge in [0.1, 0.15) is 0 Å². The molecule has 1 unspecified atom stereocenters. The molecule has 0 aromatic carbocycles. The fourth-order valence-corrected chi connectivity index (χ4v) is 3.08. The maximum atomic E-state index is 10.5. The molecule has 0 rings (SSSR count). The summed E-state index contributed by atoms with van der Waals surface area (Å²) in [5.74, 6) is -0.155. The van der Waals surface area contributed by atoms with E-state index in [-0.39, 0.29) is 24.5 Å². The molecule has 172 valence electrons. The number of hydrogen-bond donors (Lipinski definition) is 2. The number of unbranched alkanes of at least 4 members (excludes halogenated alkanes) is 12. The van der Waals surface area contributed by atoms with Gasteiger partial charge in [0.05, 0.1) is 20.6 Å². The smallest absolute Gasteiger partial charge is 0.217 e. The van der Waals surface area contributed by atoms with E-state index in [1.165, 1.54) is 77.0 Å². The third kappa shape index (κ3) is 25.7. The van der Waals surface area contributed by atoms with E-state index in [0.717, 1.165) is 19.4 Å². The highest BCUT2D eigenvalue weighted by Gasteiger charge is 2.18. The fraction of sp³-hybridized carbons (Fsp3) is 0.957. The van der Waals surface area contributed by atoms with Crippen molar-refractivity contribution < 1.29 is 26.8 Å². The first-order valence-electron chi connectivity index (χ1n) is 11.6. The van der Waals surface area contributed by atoms with Crippen LogP contribution in [0.1, 0.15) is 117 Å². The van der Waals surface area contributed by atoms with Gasteiger partial charge in [-0.15, -0.1) is 0 Å². The number of aliphatic hydroxyl groups is 1. The fourth-order valence-electron chi connectivity index (χ4n) is 3.08. The minimum Gasteiger partial charge on any atom is -1.00 e. The molecule has 1 amide bonds. The summed E-state index contributed by atoms with van der Waals surface area (Å²) in [5, 5.41) is 9.18. The lowest BCUT2D eigenvalue weighted by Gasteiger charge is -2.32. The molecule has 0 bridgehead atoms. The van der Waals surface area contributed by atoms with Gasteiger partial charge in [0.25, 0.3) is 0 Å². The summed E-state index contributed by atoms with van der Waals surface area (Å²) in [6, 6.07) is 0. The first-order valence-corrected chi connectivity index (χ1v) is 11.6. The normalized spacial score (nSPS) is 11.9. The van der Waals surface area contributed by atoms with E-state index < -0.39 is 0 Å². The van der Waals surface area contributed by atoms with Crippen molar-refractivity contribution in [1.82, 2.24) is 0 Å². The molecule has 5 heteroatoms.